The molecule has 2 saturated heterocycles. The van der Waals surface area contributed by atoms with Gasteiger partial charge in [-0.3, -0.25) is 19.2 Å². The quantitative estimate of drug-likeness (QED) is 0.524. The lowest BCUT2D eigenvalue weighted by molar-refractivity contribution is -0.130. The third-order valence-electron chi connectivity index (χ3n) is 6.92. The summed E-state index contributed by atoms with van der Waals surface area (Å²) in [6, 6.07) is 9.04. The molecule has 4 heterocycles. The van der Waals surface area contributed by atoms with E-state index in [9.17, 15) is 14.0 Å². The number of amides is 2. The molecule has 2 amide bonds. The second-order valence-corrected chi connectivity index (χ2v) is 9.33. The molecule has 0 atom stereocenters. The van der Waals surface area contributed by atoms with Crippen LogP contribution < -0.4 is 5.73 Å². The van der Waals surface area contributed by atoms with Gasteiger partial charge in [0.15, 0.2) is 5.82 Å². The summed E-state index contributed by atoms with van der Waals surface area (Å²) >= 11 is 0. The lowest BCUT2D eigenvalue weighted by Crippen LogP contribution is -2.49. The summed E-state index contributed by atoms with van der Waals surface area (Å²) in [5.41, 5.74) is 7.26. The van der Waals surface area contributed by atoms with Crippen molar-refractivity contribution in [2.24, 2.45) is 0 Å². The third-order valence-corrected chi connectivity index (χ3v) is 6.92. The molecule has 3 aromatic rings. The van der Waals surface area contributed by atoms with Gasteiger partial charge in [0.1, 0.15) is 12.4 Å². The number of benzene rings is 1. The SMILES string of the molecule is CN(CCN1CCOCC1)C(=O)Cn1nc(C2CN(C(=O)c3cc(N)ncc3F)C2)c2ccccc21. The number of aromatic nitrogens is 3. The Bertz CT molecular complexity index is 1270. The van der Waals surface area contributed by atoms with E-state index in [0.29, 0.717) is 19.6 Å². The maximum Gasteiger partial charge on any atom is 0.257 e. The predicted octanol–water partition coefficient (Wildman–Crippen LogP) is 1.18. The number of carbonyl (C=O) groups excluding carboxylic acids is 2. The van der Waals surface area contributed by atoms with Crippen LogP contribution in [0.5, 0.6) is 0 Å². The highest BCUT2D eigenvalue weighted by atomic mass is 19.1. The second kappa shape index (κ2) is 10.2. The summed E-state index contributed by atoms with van der Waals surface area (Å²) in [5.74, 6) is -1.03. The van der Waals surface area contributed by atoms with Gasteiger partial charge in [-0.15, -0.1) is 0 Å². The van der Waals surface area contributed by atoms with Crippen LogP contribution in [0.2, 0.25) is 0 Å². The molecule has 2 aliphatic heterocycles. The molecule has 2 fully saturated rings. The van der Waals surface area contributed by atoms with Gasteiger partial charge in [0.2, 0.25) is 5.91 Å². The molecule has 10 nitrogen and oxygen atoms in total. The van der Waals surface area contributed by atoms with Crippen molar-refractivity contribution >= 4 is 28.5 Å². The summed E-state index contributed by atoms with van der Waals surface area (Å²) in [7, 11) is 1.82. The number of fused-ring (bicyclic) bond motifs is 1. The molecule has 2 N–H and O–H groups in total. The van der Waals surface area contributed by atoms with E-state index >= 15 is 0 Å². The van der Waals surface area contributed by atoms with E-state index in [2.05, 4.69) is 9.88 Å². The molecule has 2 aliphatic rings. The molecule has 0 aliphatic carbocycles. The zero-order chi connectivity index (χ0) is 25.2. The molecule has 1 aromatic carbocycles. The van der Waals surface area contributed by atoms with E-state index in [1.165, 1.54) is 6.07 Å². The maximum absolute atomic E-state index is 14.1. The molecule has 2 aromatic heterocycles. The second-order valence-electron chi connectivity index (χ2n) is 9.33. The zero-order valence-corrected chi connectivity index (χ0v) is 20.3. The first-order valence-corrected chi connectivity index (χ1v) is 12.1. The number of nitrogen functional groups attached to an aromatic ring is 1. The number of ether oxygens (including phenoxy) is 1. The minimum absolute atomic E-state index is 0.00324. The van der Waals surface area contributed by atoms with Crippen molar-refractivity contribution in [3.63, 3.8) is 0 Å². The van der Waals surface area contributed by atoms with E-state index in [0.717, 1.165) is 55.6 Å². The van der Waals surface area contributed by atoms with Gasteiger partial charge >= 0.3 is 0 Å². The van der Waals surface area contributed by atoms with Crippen LogP contribution in [-0.2, 0) is 16.1 Å². The summed E-state index contributed by atoms with van der Waals surface area (Å²) < 4.78 is 21.2. The first-order chi connectivity index (χ1) is 17.4. The monoisotopic (exact) mass is 495 g/mol. The summed E-state index contributed by atoms with van der Waals surface area (Å²) in [5, 5.41) is 5.74. The van der Waals surface area contributed by atoms with Crippen LogP contribution in [0.3, 0.4) is 0 Å². The van der Waals surface area contributed by atoms with E-state index in [-0.39, 0.29) is 29.8 Å². The van der Waals surface area contributed by atoms with Crippen molar-refractivity contribution in [3.05, 3.63) is 53.6 Å². The first kappa shape index (κ1) is 24.1. The van der Waals surface area contributed by atoms with Crippen LogP contribution in [-0.4, -0.2) is 101 Å². The Labute approximate surface area is 208 Å². The lowest BCUT2D eigenvalue weighted by Gasteiger charge is -2.38. The number of carbonyl (C=O) groups is 2. The van der Waals surface area contributed by atoms with E-state index < -0.39 is 11.7 Å². The number of likely N-dealkylation sites (tertiary alicyclic amines) is 1. The molecule has 0 saturated carbocycles. The van der Waals surface area contributed by atoms with Crippen LogP contribution in [0, 0.1) is 5.82 Å². The number of hydrogen-bond acceptors (Lipinski definition) is 7. The number of hydrogen-bond donors (Lipinski definition) is 1. The van der Waals surface area contributed by atoms with Crippen molar-refractivity contribution in [1.29, 1.82) is 0 Å². The van der Waals surface area contributed by atoms with E-state index in [4.69, 9.17) is 15.6 Å². The van der Waals surface area contributed by atoms with Crippen LogP contribution in [0.4, 0.5) is 10.2 Å². The normalized spacial score (nSPS) is 16.8. The number of para-hydroxylation sites is 1. The number of nitrogens with zero attached hydrogens (tertiary/aromatic N) is 6. The number of likely N-dealkylation sites (N-methyl/N-ethyl adjacent to an activating group) is 1. The largest absolute Gasteiger partial charge is 0.384 e. The highest BCUT2D eigenvalue weighted by molar-refractivity contribution is 5.96. The van der Waals surface area contributed by atoms with Gasteiger partial charge in [0.25, 0.3) is 5.91 Å². The molecule has 11 heteroatoms. The average Bonchev–Trinajstić information content (AvgIpc) is 3.21. The van der Waals surface area contributed by atoms with Crippen LogP contribution >= 0.6 is 0 Å². The van der Waals surface area contributed by atoms with Crippen LogP contribution in [0.15, 0.2) is 36.5 Å². The Balaban J connectivity index is 1.25. The van der Waals surface area contributed by atoms with Crippen LogP contribution in [0.25, 0.3) is 10.9 Å². The average molecular weight is 496 g/mol. The molecular formula is C25H30FN7O3. The minimum atomic E-state index is -0.691. The van der Waals surface area contributed by atoms with Gasteiger partial charge in [-0.1, -0.05) is 18.2 Å². The number of rotatable bonds is 7. The Morgan fingerprint density at radius 1 is 1.22 bits per heavy atom. The Morgan fingerprint density at radius 3 is 2.75 bits per heavy atom. The van der Waals surface area contributed by atoms with Gasteiger partial charge in [-0.25, -0.2) is 9.37 Å². The smallest absolute Gasteiger partial charge is 0.257 e. The maximum atomic E-state index is 14.1. The number of pyridine rings is 1. The first-order valence-electron chi connectivity index (χ1n) is 12.1. The minimum Gasteiger partial charge on any atom is -0.384 e. The molecule has 0 unspecified atom stereocenters. The number of morpholine rings is 1. The fourth-order valence-corrected chi connectivity index (χ4v) is 4.67. The fraction of sp³-hybridized carbons (Fsp3) is 0.440. The molecule has 36 heavy (non-hydrogen) atoms. The van der Waals surface area contributed by atoms with Gasteiger partial charge in [-0.05, 0) is 12.1 Å². The molecule has 0 radical (unpaired) electrons. The predicted molar refractivity (Wildman–Crippen MR) is 132 cm³/mol. The Morgan fingerprint density at radius 2 is 1.97 bits per heavy atom. The number of halogens is 1. The number of anilines is 1. The fourth-order valence-electron chi connectivity index (χ4n) is 4.67. The Kier molecular flexibility index (Phi) is 6.84. The third kappa shape index (κ3) is 4.89. The number of nitrogens with two attached hydrogens (primary N) is 1. The summed E-state index contributed by atoms with van der Waals surface area (Å²) in [6.45, 7) is 5.65. The molecule has 190 valence electrons. The van der Waals surface area contributed by atoms with Crippen molar-refractivity contribution < 1.29 is 18.7 Å². The summed E-state index contributed by atoms with van der Waals surface area (Å²) in [6.07, 6.45) is 0.962. The molecule has 5 rings (SSSR count). The van der Waals surface area contributed by atoms with Crippen molar-refractivity contribution in [2.45, 2.75) is 12.5 Å². The van der Waals surface area contributed by atoms with Crippen molar-refractivity contribution in [1.82, 2.24) is 29.5 Å². The van der Waals surface area contributed by atoms with E-state index in [1.54, 1.807) is 14.5 Å². The molecule has 0 spiro atoms. The molecule has 0 bridgehead atoms. The van der Waals surface area contributed by atoms with Crippen molar-refractivity contribution in [2.75, 3.05) is 65.3 Å². The van der Waals surface area contributed by atoms with Crippen molar-refractivity contribution in [3.8, 4) is 0 Å². The summed E-state index contributed by atoms with van der Waals surface area (Å²) in [4.78, 5) is 35.0. The highest BCUT2D eigenvalue weighted by Crippen LogP contribution is 2.33. The van der Waals surface area contributed by atoms with E-state index in [1.807, 2.05) is 31.3 Å². The zero-order valence-electron chi connectivity index (χ0n) is 20.3. The standard InChI is InChI=1S/C25H30FN7O3/c1-30(6-7-31-8-10-36-11-9-31)23(34)16-33-21-5-3-2-4-18(21)24(29-33)17-14-32(15-17)25(35)19-12-22(27)28-13-20(19)26/h2-5,12-13,17H,6-11,14-16H2,1H3,(H2,27,28). The van der Waals surface area contributed by atoms with Gasteiger partial charge in [0.05, 0.1) is 36.2 Å². The highest BCUT2D eigenvalue weighted by Gasteiger charge is 2.36. The van der Waals surface area contributed by atoms with Gasteiger partial charge in [0, 0.05) is 57.6 Å². The topological polar surface area (TPSA) is 110 Å². The van der Waals surface area contributed by atoms with Gasteiger partial charge in [-0.2, -0.15) is 5.10 Å². The Hall–Kier alpha value is -3.57. The van der Waals surface area contributed by atoms with Crippen LogP contribution in [0.1, 0.15) is 22.0 Å². The molecular weight excluding hydrogens is 465 g/mol. The van der Waals surface area contributed by atoms with Gasteiger partial charge < -0.3 is 20.3 Å². The lowest BCUT2D eigenvalue weighted by atomic mass is 9.93.